The number of allylic oxidation sites excluding steroid dienone is 1. The number of hydrogen-bond donors (Lipinski definition) is 1. The van der Waals surface area contributed by atoms with Gasteiger partial charge in [-0.15, -0.1) is 11.3 Å². The van der Waals surface area contributed by atoms with Crippen LogP contribution in [-0.4, -0.2) is 85.4 Å². The molecule has 0 aliphatic carbocycles. The molecule has 0 unspecified atom stereocenters. The third kappa shape index (κ3) is 8.08. The molecule has 1 aliphatic heterocycles. The Balaban J connectivity index is 1.48. The molecule has 1 aliphatic rings. The van der Waals surface area contributed by atoms with Crippen LogP contribution in [0.5, 0.6) is 0 Å². The summed E-state index contributed by atoms with van der Waals surface area (Å²) in [5.41, 5.74) is 4.00. The lowest BCUT2D eigenvalue weighted by molar-refractivity contribution is 0.152. The second kappa shape index (κ2) is 13.3. The lowest BCUT2D eigenvalue weighted by Gasteiger charge is -2.32. The van der Waals surface area contributed by atoms with E-state index < -0.39 is 10.0 Å². The summed E-state index contributed by atoms with van der Waals surface area (Å²) in [6, 6.07) is 12.4. The quantitative estimate of drug-likeness (QED) is 0.220. The van der Waals surface area contributed by atoms with E-state index in [2.05, 4.69) is 41.4 Å². The molecule has 0 atom stereocenters. The van der Waals surface area contributed by atoms with Gasteiger partial charge in [0.15, 0.2) is 5.84 Å². The zero-order valence-corrected chi connectivity index (χ0v) is 23.8. The maximum atomic E-state index is 11.8. The van der Waals surface area contributed by atoms with Crippen LogP contribution in [0.3, 0.4) is 0 Å². The van der Waals surface area contributed by atoms with E-state index in [0.29, 0.717) is 38.7 Å². The van der Waals surface area contributed by atoms with Gasteiger partial charge in [-0.25, -0.2) is 18.1 Å². The van der Waals surface area contributed by atoms with Crippen LogP contribution >= 0.6 is 11.3 Å². The Hall–Kier alpha value is -2.83. The van der Waals surface area contributed by atoms with Crippen molar-refractivity contribution in [2.45, 2.75) is 20.4 Å². The van der Waals surface area contributed by atoms with Crippen LogP contribution in [0.1, 0.15) is 17.4 Å². The molecule has 1 N–H and O–H groups in total. The highest BCUT2D eigenvalue weighted by Gasteiger charge is 2.23. The Bertz CT molecular complexity index is 1350. The maximum absolute atomic E-state index is 11.8. The summed E-state index contributed by atoms with van der Waals surface area (Å²) in [5, 5.41) is 10.1. The first-order valence-corrected chi connectivity index (χ1v) is 15.5. The van der Waals surface area contributed by atoms with Gasteiger partial charge in [0.25, 0.3) is 0 Å². The first-order valence-electron chi connectivity index (χ1n) is 12.8. The molecule has 2 aromatic heterocycles. The fourth-order valence-electron chi connectivity index (χ4n) is 4.15. The summed E-state index contributed by atoms with van der Waals surface area (Å²) in [4.78, 5) is 8.38. The Morgan fingerprint density at radius 2 is 2.03 bits per heavy atom. The average Bonchev–Trinajstić information content (AvgIpc) is 3.55. The first-order chi connectivity index (χ1) is 18.3. The second-order valence-electron chi connectivity index (χ2n) is 9.18. The molecular weight excluding hydrogens is 520 g/mol. The van der Waals surface area contributed by atoms with Crippen LogP contribution < -0.4 is 5.32 Å². The molecule has 1 fully saturated rings. The van der Waals surface area contributed by atoms with Crippen molar-refractivity contribution in [1.82, 2.24) is 24.3 Å². The summed E-state index contributed by atoms with van der Waals surface area (Å²) < 4.78 is 32.3. The third-order valence-electron chi connectivity index (χ3n) is 6.15. The maximum Gasteiger partial charge on any atom is 0.211 e. The summed E-state index contributed by atoms with van der Waals surface area (Å²) in [6.07, 6.45) is 6.99. The summed E-state index contributed by atoms with van der Waals surface area (Å²) in [5.74, 6) is 0.693. The predicted octanol–water partition coefficient (Wildman–Crippen LogP) is 3.72. The molecule has 0 bridgehead atoms. The number of rotatable bonds is 11. The SMILES string of the molecule is CCOCCN/C=C/C(=N\c1csc(CN2CCN(S(C)(=O)=O)CC2)c1)n1ccc(-c2cccc(C)c2)n1. The minimum absolute atomic E-state index is 0.531. The number of thiophene rings is 1. The fraction of sp³-hybridized carbons (Fsp3) is 0.407. The molecule has 3 aromatic rings. The van der Waals surface area contributed by atoms with Gasteiger partial charge in [-0.2, -0.15) is 9.40 Å². The number of nitrogens with one attached hydrogen (secondary N) is 1. The van der Waals surface area contributed by atoms with E-state index in [1.165, 1.54) is 16.7 Å². The topological polar surface area (TPSA) is 92.1 Å². The van der Waals surface area contributed by atoms with Crippen molar-refractivity contribution in [1.29, 1.82) is 0 Å². The van der Waals surface area contributed by atoms with E-state index in [0.717, 1.165) is 36.6 Å². The van der Waals surface area contributed by atoms with Gasteiger partial charge in [-0.3, -0.25) is 4.90 Å². The molecule has 3 heterocycles. The number of aromatic nitrogens is 2. The zero-order valence-electron chi connectivity index (χ0n) is 22.2. The molecule has 0 radical (unpaired) electrons. The van der Waals surface area contributed by atoms with Gasteiger partial charge < -0.3 is 10.1 Å². The molecule has 11 heteroatoms. The highest BCUT2D eigenvalue weighted by Crippen LogP contribution is 2.25. The largest absolute Gasteiger partial charge is 0.388 e. The fourth-order valence-corrected chi connectivity index (χ4v) is 5.81. The van der Waals surface area contributed by atoms with Crippen LogP contribution in [0, 0.1) is 6.92 Å². The molecule has 1 saturated heterocycles. The molecular formula is C27H36N6O3S2. The van der Waals surface area contributed by atoms with Crippen LogP contribution in [0.2, 0.25) is 0 Å². The monoisotopic (exact) mass is 556 g/mol. The number of nitrogens with zero attached hydrogens (tertiary/aromatic N) is 5. The summed E-state index contributed by atoms with van der Waals surface area (Å²) >= 11 is 1.66. The van der Waals surface area contributed by atoms with E-state index in [4.69, 9.17) is 14.8 Å². The van der Waals surface area contributed by atoms with E-state index in [9.17, 15) is 8.42 Å². The molecule has 0 saturated carbocycles. The van der Waals surface area contributed by atoms with E-state index >= 15 is 0 Å². The number of benzene rings is 1. The number of ether oxygens (including phenoxy) is 1. The number of sulfonamides is 1. The predicted molar refractivity (Wildman–Crippen MR) is 155 cm³/mol. The summed E-state index contributed by atoms with van der Waals surface area (Å²) in [6.45, 7) is 9.38. The second-order valence-corrected chi connectivity index (χ2v) is 12.2. The molecule has 0 spiro atoms. The molecule has 38 heavy (non-hydrogen) atoms. The molecule has 1 aromatic carbocycles. The van der Waals surface area contributed by atoms with Crippen LogP contribution in [0.25, 0.3) is 11.3 Å². The van der Waals surface area contributed by atoms with Crippen LogP contribution in [0.4, 0.5) is 5.69 Å². The van der Waals surface area contributed by atoms with E-state index in [-0.39, 0.29) is 0 Å². The average molecular weight is 557 g/mol. The molecule has 4 rings (SSSR count). The zero-order chi connectivity index (χ0) is 27.0. The lowest BCUT2D eigenvalue weighted by atomic mass is 10.1. The van der Waals surface area contributed by atoms with Crippen molar-refractivity contribution in [2.75, 3.05) is 52.2 Å². The smallest absolute Gasteiger partial charge is 0.211 e. The van der Waals surface area contributed by atoms with Crippen molar-refractivity contribution in [3.63, 3.8) is 0 Å². The number of aliphatic imine (C=N–C) groups is 1. The minimum atomic E-state index is -3.13. The van der Waals surface area contributed by atoms with Gasteiger partial charge in [0.1, 0.15) is 0 Å². The Morgan fingerprint density at radius 3 is 2.76 bits per heavy atom. The Kier molecular flexibility index (Phi) is 9.86. The van der Waals surface area contributed by atoms with Crippen molar-refractivity contribution in [3.8, 4) is 11.3 Å². The Morgan fingerprint density at radius 1 is 1.21 bits per heavy atom. The van der Waals surface area contributed by atoms with Gasteiger partial charge in [-0.05, 0) is 38.1 Å². The van der Waals surface area contributed by atoms with E-state index in [1.54, 1.807) is 20.3 Å². The molecule has 204 valence electrons. The van der Waals surface area contributed by atoms with Crippen molar-refractivity contribution in [2.24, 2.45) is 4.99 Å². The first kappa shape index (κ1) is 28.2. The van der Waals surface area contributed by atoms with E-state index in [1.807, 2.05) is 42.9 Å². The third-order valence-corrected chi connectivity index (χ3v) is 8.36. The Labute approximate surface area is 229 Å². The number of hydrogen-bond acceptors (Lipinski definition) is 8. The van der Waals surface area contributed by atoms with Crippen LogP contribution in [0.15, 0.2) is 65.2 Å². The van der Waals surface area contributed by atoms with Crippen LogP contribution in [-0.2, 0) is 21.3 Å². The van der Waals surface area contributed by atoms with Crippen molar-refractivity contribution >= 4 is 32.9 Å². The van der Waals surface area contributed by atoms with Crippen molar-refractivity contribution < 1.29 is 13.2 Å². The highest BCUT2D eigenvalue weighted by atomic mass is 32.2. The van der Waals surface area contributed by atoms with Gasteiger partial charge in [0, 0.05) is 74.1 Å². The standard InChI is InChI=1S/C27H36N6O3S2/c1-4-36-17-11-28-10-8-27(33-12-9-26(30-33)23-7-5-6-22(2)18-23)29-24-19-25(37-21-24)20-31-13-15-32(16-14-31)38(3,34)35/h5-10,12,18-19,21,28H,4,11,13-17,20H2,1-3H3/b10-8+,29-27+. The highest BCUT2D eigenvalue weighted by molar-refractivity contribution is 7.88. The van der Waals surface area contributed by atoms with Gasteiger partial charge in [-0.1, -0.05) is 23.8 Å². The van der Waals surface area contributed by atoms with Gasteiger partial charge in [0.05, 0.1) is 24.2 Å². The van der Waals surface area contributed by atoms with Crippen molar-refractivity contribution in [3.05, 3.63) is 70.7 Å². The number of aryl methyl sites for hydroxylation is 1. The molecule has 0 amide bonds. The van der Waals surface area contributed by atoms with Gasteiger partial charge >= 0.3 is 0 Å². The lowest BCUT2D eigenvalue weighted by Crippen LogP contribution is -2.47. The molecule has 9 nitrogen and oxygen atoms in total. The minimum Gasteiger partial charge on any atom is -0.388 e. The van der Waals surface area contributed by atoms with Gasteiger partial charge in [0.2, 0.25) is 10.0 Å². The normalized spacial score (nSPS) is 15.9. The summed E-state index contributed by atoms with van der Waals surface area (Å²) in [7, 11) is -3.13. The number of piperazine rings is 1.